The van der Waals surface area contributed by atoms with Gasteiger partial charge in [-0.15, -0.1) is 0 Å². The molecule has 0 unspecified atom stereocenters. The van der Waals surface area contributed by atoms with Crippen LogP contribution in [0.3, 0.4) is 0 Å². The van der Waals surface area contributed by atoms with Crippen LogP contribution < -0.4 is 16.9 Å². The number of nitrogen functional groups attached to an aromatic ring is 1. The summed E-state index contributed by atoms with van der Waals surface area (Å²) < 4.78 is 34.5. The maximum absolute atomic E-state index is 14.2. The lowest BCUT2D eigenvalue weighted by Gasteiger charge is -2.17. The first-order valence-electron chi connectivity index (χ1n) is 12.8. The number of fused-ring (bicyclic) bond motifs is 2. The molecule has 0 amide bonds. The zero-order valence-electron chi connectivity index (χ0n) is 21.7. The van der Waals surface area contributed by atoms with E-state index in [2.05, 4.69) is 0 Å². The first-order valence-corrected chi connectivity index (χ1v) is 14.3. The number of nitro groups is 1. The second-order valence-electron chi connectivity index (χ2n) is 9.74. The predicted octanol–water partition coefficient (Wildman–Crippen LogP) is 6.60. The number of hydrogen-bond donors (Lipinski definition) is 1. The van der Waals surface area contributed by atoms with Crippen molar-refractivity contribution in [1.82, 2.24) is 18.7 Å². The molecule has 2 N–H and O–H groups in total. The minimum Gasteiger partial charge on any atom is -0.398 e. The van der Waals surface area contributed by atoms with Crippen LogP contribution in [0.25, 0.3) is 22.3 Å². The molecule has 0 spiro atoms. The highest BCUT2D eigenvalue weighted by molar-refractivity contribution is 6.34. The molecule has 0 atom stereocenters. The van der Waals surface area contributed by atoms with Gasteiger partial charge in [-0.1, -0.05) is 46.4 Å². The first-order chi connectivity index (χ1) is 19.9. The Balaban J connectivity index is 0.000000169. The van der Waals surface area contributed by atoms with Gasteiger partial charge in [0.2, 0.25) is 0 Å². The minimum absolute atomic E-state index is 0.0687. The van der Waals surface area contributed by atoms with E-state index < -0.39 is 27.8 Å². The van der Waals surface area contributed by atoms with Crippen LogP contribution in [0.15, 0.2) is 33.9 Å². The Morgan fingerprint density at radius 3 is 1.52 bits per heavy atom. The molecule has 0 radical (unpaired) electrons. The fourth-order valence-electron chi connectivity index (χ4n) is 5.13. The fourth-order valence-corrected chi connectivity index (χ4v) is 6.22. The standard InChI is InChI=1S/C13H10Cl2FN3O3.C13H12Cl2FN3O/c14-8-6-9(16)7(5-10(8)19(21)22)11-12(15)17-3-1-2-4-18(17)13(11)20;14-8-6-9(16)7(5-10(8)17)11-12(15)18-3-1-2-4-19(18)13(11)20/h5-6H,1-4H2;5-6H,1-4,17H2. The minimum atomic E-state index is -0.821. The van der Waals surface area contributed by atoms with Crippen LogP contribution in [0.4, 0.5) is 20.2 Å². The second-order valence-corrected chi connectivity index (χ2v) is 11.3. The maximum atomic E-state index is 14.2. The SMILES string of the molecule is Nc1cc(-c2c(Cl)n3n(c2=O)CCCC3)c(F)cc1Cl.O=c1c(-c2cc([N+](=O)[O-])c(Cl)cc2F)c(Cl)n2n1CCCC2. The maximum Gasteiger partial charge on any atom is 0.288 e. The Kier molecular flexibility index (Phi) is 8.44. The predicted molar refractivity (Wildman–Crippen MR) is 158 cm³/mol. The molecular weight excluding hydrogens is 640 g/mol. The van der Waals surface area contributed by atoms with Gasteiger partial charge in [0.05, 0.1) is 26.8 Å². The highest BCUT2D eigenvalue weighted by Gasteiger charge is 2.27. The topological polar surface area (TPSA) is 123 Å². The molecule has 2 aliphatic heterocycles. The van der Waals surface area contributed by atoms with Gasteiger partial charge >= 0.3 is 0 Å². The number of rotatable bonds is 3. The van der Waals surface area contributed by atoms with E-state index in [9.17, 15) is 28.5 Å². The smallest absolute Gasteiger partial charge is 0.288 e. The molecule has 0 fully saturated rings. The van der Waals surface area contributed by atoms with Crippen LogP contribution in [0.2, 0.25) is 20.4 Å². The van der Waals surface area contributed by atoms with E-state index in [0.717, 1.165) is 43.9 Å². The van der Waals surface area contributed by atoms with Gasteiger partial charge in [-0.05, 0) is 37.8 Å². The van der Waals surface area contributed by atoms with E-state index in [4.69, 9.17) is 52.1 Å². The Bertz CT molecular complexity index is 1860. The van der Waals surface area contributed by atoms with Gasteiger partial charge in [0.25, 0.3) is 16.8 Å². The second kappa shape index (κ2) is 11.8. The Hall–Kier alpha value is -3.32. The summed E-state index contributed by atoms with van der Waals surface area (Å²) in [5.74, 6) is -1.43. The van der Waals surface area contributed by atoms with Crippen molar-refractivity contribution in [2.45, 2.75) is 51.9 Å². The van der Waals surface area contributed by atoms with Gasteiger partial charge in [0.1, 0.15) is 27.0 Å². The van der Waals surface area contributed by atoms with E-state index >= 15 is 0 Å². The van der Waals surface area contributed by atoms with Gasteiger partial charge in [0.15, 0.2) is 0 Å². The molecule has 2 aliphatic rings. The number of nitrogens with zero attached hydrogens (tertiary/aromatic N) is 5. The van der Waals surface area contributed by atoms with Crippen molar-refractivity contribution in [3.63, 3.8) is 0 Å². The average molecular weight is 662 g/mol. The number of aromatic nitrogens is 4. The molecule has 16 heteroatoms. The molecule has 4 aromatic rings. The van der Waals surface area contributed by atoms with Crippen molar-refractivity contribution in [2.24, 2.45) is 0 Å². The number of nitrogens with two attached hydrogens (primary N) is 1. The van der Waals surface area contributed by atoms with Crippen LogP contribution in [-0.2, 0) is 26.2 Å². The largest absolute Gasteiger partial charge is 0.398 e. The highest BCUT2D eigenvalue weighted by Crippen LogP contribution is 2.36. The number of hydrogen-bond acceptors (Lipinski definition) is 5. The molecule has 0 saturated carbocycles. The normalized spacial score (nSPS) is 14.1. The van der Waals surface area contributed by atoms with Gasteiger partial charge in [0, 0.05) is 49.4 Å². The first kappa shape index (κ1) is 30.1. The van der Waals surface area contributed by atoms with Crippen LogP contribution in [0.1, 0.15) is 25.7 Å². The van der Waals surface area contributed by atoms with Crippen LogP contribution >= 0.6 is 46.4 Å². The molecule has 2 aromatic heterocycles. The summed E-state index contributed by atoms with van der Waals surface area (Å²) in [5.41, 5.74) is 4.65. The molecule has 6 rings (SSSR count). The molecule has 0 bridgehead atoms. The van der Waals surface area contributed by atoms with Crippen molar-refractivity contribution in [2.75, 3.05) is 5.73 Å². The Labute approximate surface area is 256 Å². The Morgan fingerprint density at radius 1 is 0.690 bits per heavy atom. The molecule has 0 aliphatic carbocycles. The monoisotopic (exact) mass is 660 g/mol. The summed E-state index contributed by atoms with van der Waals surface area (Å²) in [7, 11) is 0. The van der Waals surface area contributed by atoms with E-state index in [1.165, 1.54) is 10.7 Å². The zero-order valence-corrected chi connectivity index (χ0v) is 24.7. The molecule has 10 nitrogen and oxygen atoms in total. The summed E-state index contributed by atoms with van der Waals surface area (Å²) in [6.07, 6.45) is 3.53. The molecule has 2 aromatic carbocycles. The molecule has 222 valence electrons. The summed E-state index contributed by atoms with van der Waals surface area (Å²) in [4.78, 5) is 35.1. The molecule has 4 heterocycles. The van der Waals surface area contributed by atoms with Crippen molar-refractivity contribution >= 4 is 57.8 Å². The van der Waals surface area contributed by atoms with Crippen LogP contribution in [-0.4, -0.2) is 23.7 Å². The number of benzene rings is 2. The van der Waals surface area contributed by atoms with Gasteiger partial charge < -0.3 is 5.73 Å². The summed E-state index contributed by atoms with van der Waals surface area (Å²) >= 11 is 23.9. The van der Waals surface area contributed by atoms with Crippen molar-refractivity contribution in [3.05, 3.63) is 87.1 Å². The third-order valence-corrected chi connectivity index (χ3v) is 8.58. The van der Waals surface area contributed by atoms with Crippen molar-refractivity contribution in [3.8, 4) is 22.3 Å². The van der Waals surface area contributed by atoms with Crippen molar-refractivity contribution < 1.29 is 13.7 Å². The third kappa shape index (κ3) is 5.21. The van der Waals surface area contributed by atoms with E-state index in [1.54, 1.807) is 14.0 Å². The lowest BCUT2D eigenvalue weighted by atomic mass is 10.1. The van der Waals surface area contributed by atoms with Gasteiger partial charge in [-0.25, -0.2) is 18.1 Å². The molecule has 0 saturated heterocycles. The lowest BCUT2D eigenvalue weighted by Crippen LogP contribution is -2.27. The number of anilines is 1. The molecule has 42 heavy (non-hydrogen) atoms. The summed E-state index contributed by atoms with van der Waals surface area (Å²) in [5, 5.41) is 11.1. The summed E-state index contributed by atoms with van der Waals surface area (Å²) in [6, 6.07) is 4.23. The average Bonchev–Trinajstić information content (AvgIpc) is 3.36. The number of nitro benzene ring substituents is 1. The van der Waals surface area contributed by atoms with Gasteiger partial charge in [-0.2, -0.15) is 0 Å². The van der Waals surface area contributed by atoms with Crippen LogP contribution in [0, 0.1) is 21.7 Å². The van der Waals surface area contributed by atoms with Gasteiger partial charge in [-0.3, -0.25) is 29.1 Å². The van der Waals surface area contributed by atoms with E-state index in [-0.39, 0.29) is 53.9 Å². The van der Waals surface area contributed by atoms with Crippen LogP contribution in [0.5, 0.6) is 0 Å². The zero-order chi connectivity index (χ0) is 30.5. The highest BCUT2D eigenvalue weighted by atomic mass is 35.5. The lowest BCUT2D eigenvalue weighted by molar-refractivity contribution is -0.384. The Morgan fingerprint density at radius 2 is 1.10 bits per heavy atom. The summed E-state index contributed by atoms with van der Waals surface area (Å²) in [6.45, 7) is 2.27. The van der Waals surface area contributed by atoms with E-state index in [1.807, 2.05) is 0 Å². The molecular formula is C26H22Cl4F2N6O4. The number of halogens is 6. The quantitative estimate of drug-likeness (QED) is 0.151. The third-order valence-electron chi connectivity index (χ3n) is 7.18. The van der Waals surface area contributed by atoms with E-state index in [0.29, 0.717) is 26.2 Å². The van der Waals surface area contributed by atoms with Crippen molar-refractivity contribution in [1.29, 1.82) is 0 Å². The fraction of sp³-hybridized carbons (Fsp3) is 0.308.